The predicted octanol–water partition coefficient (Wildman–Crippen LogP) is 2.85. The first-order valence-electron chi connectivity index (χ1n) is 5.05. The van der Waals surface area contributed by atoms with Crippen LogP contribution in [0.4, 0.5) is 8.78 Å². The Hall–Kier alpha value is -1.29. The van der Waals surface area contributed by atoms with Crippen molar-refractivity contribution in [1.29, 1.82) is 0 Å². The van der Waals surface area contributed by atoms with Gasteiger partial charge in [-0.25, -0.2) is 8.78 Å². The average Bonchev–Trinajstić information content (AvgIpc) is 2.25. The van der Waals surface area contributed by atoms with Gasteiger partial charge >= 0.3 is 0 Å². The van der Waals surface area contributed by atoms with Crippen LogP contribution >= 0.6 is 0 Å². The molecule has 0 fully saturated rings. The lowest BCUT2D eigenvalue weighted by Crippen LogP contribution is -2.09. The lowest BCUT2D eigenvalue weighted by molar-refractivity contribution is 0.0170. The number of hydrogen-bond donors (Lipinski definition) is 0. The van der Waals surface area contributed by atoms with Gasteiger partial charge in [0, 0.05) is 12.0 Å². The summed E-state index contributed by atoms with van der Waals surface area (Å²) in [5.74, 6) is -0.0886. The Morgan fingerprint density at radius 3 is 2.50 bits per heavy atom. The molecule has 16 heavy (non-hydrogen) atoms. The normalized spacial score (nSPS) is 10.8. The summed E-state index contributed by atoms with van der Waals surface area (Å²) in [6, 6.07) is 7.13. The number of Topliss-reactive ketones (excluding diaryl/α,β-unsaturated/α-hetero) is 1. The number of alkyl halides is 2. The van der Waals surface area contributed by atoms with Gasteiger partial charge in [-0.05, 0) is 6.92 Å². The van der Waals surface area contributed by atoms with Crippen molar-refractivity contribution in [1.82, 2.24) is 0 Å². The molecule has 0 aliphatic heterocycles. The molecule has 0 atom stereocenters. The number of rotatable bonds is 6. The fourth-order valence-electron chi connectivity index (χ4n) is 1.22. The Labute approximate surface area is 93.2 Å². The van der Waals surface area contributed by atoms with Crippen LogP contribution in [-0.2, 0) is 4.74 Å². The van der Waals surface area contributed by atoms with Crippen molar-refractivity contribution >= 4 is 5.78 Å². The van der Waals surface area contributed by atoms with Gasteiger partial charge in [0.1, 0.15) is 6.61 Å². The minimum Gasteiger partial charge on any atom is -0.375 e. The molecule has 0 heterocycles. The van der Waals surface area contributed by atoms with E-state index in [4.69, 9.17) is 0 Å². The molecule has 2 nitrogen and oxygen atoms in total. The van der Waals surface area contributed by atoms with E-state index in [2.05, 4.69) is 4.74 Å². The smallest absolute Gasteiger partial charge is 0.261 e. The maximum absolute atomic E-state index is 11.7. The molecule has 1 aromatic rings. The van der Waals surface area contributed by atoms with Gasteiger partial charge in [-0.1, -0.05) is 29.8 Å². The Morgan fingerprint density at radius 2 is 1.94 bits per heavy atom. The molecule has 0 N–H and O–H groups in total. The highest BCUT2D eigenvalue weighted by Crippen LogP contribution is 2.06. The van der Waals surface area contributed by atoms with Crippen molar-refractivity contribution in [3.05, 3.63) is 35.4 Å². The molecule has 0 aliphatic carbocycles. The van der Waals surface area contributed by atoms with Gasteiger partial charge < -0.3 is 4.74 Å². The van der Waals surface area contributed by atoms with E-state index in [-0.39, 0.29) is 18.8 Å². The van der Waals surface area contributed by atoms with Crippen LogP contribution in [0.25, 0.3) is 0 Å². The van der Waals surface area contributed by atoms with Crippen molar-refractivity contribution in [3.8, 4) is 0 Å². The number of hydrogen-bond acceptors (Lipinski definition) is 2. The van der Waals surface area contributed by atoms with Gasteiger partial charge in [0.15, 0.2) is 5.78 Å². The topological polar surface area (TPSA) is 26.3 Å². The fraction of sp³-hybridized carbons (Fsp3) is 0.417. The van der Waals surface area contributed by atoms with Crippen LogP contribution in [-0.4, -0.2) is 25.4 Å². The lowest BCUT2D eigenvalue weighted by atomic mass is 10.1. The van der Waals surface area contributed by atoms with Crippen molar-refractivity contribution in [3.63, 3.8) is 0 Å². The van der Waals surface area contributed by atoms with E-state index >= 15 is 0 Å². The highest BCUT2D eigenvalue weighted by Gasteiger charge is 2.06. The average molecular weight is 228 g/mol. The summed E-state index contributed by atoms with van der Waals surface area (Å²) in [7, 11) is 0. The third kappa shape index (κ3) is 4.49. The summed E-state index contributed by atoms with van der Waals surface area (Å²) in [5, 5.41) is 0. The summed E-state index contributed by atoms with van der Waals surface area (Å²) in [6.07, 6.45) is -2.34. The molecule has 0 bridgehead atoms. The van der Waals surface area contributed by atoms with Crippen molar-refractivity contribution < 1.29 is 18.3 Å². The van der Waals surface area contributed by atoms with Gasteiger partial charge in [-0.3, -0.25) is 4.79 Å². The van der Waals surface area contributed by atoms with Crippen molar-refractivity contribution in [2.75, 3.05) is 13.2 Å². The Balaban J connectivity index is 2.32. The summed E-state index contributed by atoms with van der Waals surface area (Å²) in [4.78, 5) is 11.5. The van der Waals surface area contributed by atoms with Crippen LogP contribution in [0.1, 0.15) is 22.3 Å². The zero-order chi connectivity index (χ0) is 12.0. The van der Waals surface area contributed by atoms with Gasteiger partial charge in [-0.15, -0.1) is 0 Å². The molecule has 0 aliphatic rings. The van der Waals surface area contributed by atoms with E-state index < -0.39 is 13.0 Å². The Kier molecular flexibility index (Phi) is 5.05. The van der Waals surface area contributed by atoms with Gasteiger partial charge in [-0.2, -0.15) is 0 Å². The molecular weight excluding hydrogens is 214 g/mol. The van der Waals surface area contributed by atoms with Crippen LogP contribution < -0.4 is 0 Å². The number of carbonyl (C=O) groups excluding carboxylic acids is 1. The minimum atomic E-state index is -2.48. The van der Waals surface area contributed by atoms with Crippen molar-refractivity contribution in [2.45, 2.75) is 19.8 Å². The molecule has 0 aromatic heterocycles. The van der Waals surface area contributed by atoms with Crippen LogP contribution in [0.2, 0.25) is 0 Å². The molecule has 0 saturated carbocycles. The molecular formula is C12H14F2O2. The monoisotopic (exact) mass is 228 g/mol. The second-order valence-corrected chi connectivity index (χ2v) is 3.51. The van der Waals surface area contributed by atoms with E-state index in [1.165, 1.54) is 0 Å². The second-order valence-electron chi connectivity index (χ2n) is 3.51. The zero-order valence-corrected chi connectivity index (χ0v) is 9.08. The number of halogens is 2. The minimum absolute atomic E-state index is 0.0387. The summed E-state index contributed by atoms with van der Waals surface area (Å²) in [5.41, 5.74) is 1.66. The molecule has 4 heteroatoms. The second kappa shape index (κ2) is 6.33. The van der Waals surface area contributed by atoms with Crippen LogP contribution in [0, 0.1) is 6.92 Å². The highest BCUT2D eigenvalue weighted by molar-refractivity contribution is 5.96. The number of aryl methyl sites for hydroxylation is 1. The van der Waals surface area contributed by atoms with E-state index in [0.717, 1.165) is 5.56 Å². The molecule has 0 spiro atoms. The third-order valence-electron chi connectivity index (χ3n) is 2.09. The largest absolute Gasteiger partial charge is 0.375 e. The van der Waals surface area contributed by atoms with E-state index in [1.54, 1.807) is 12.1 Å². The van der Waals surface area contributed by atoms with E-state index in [0.29, 0.717) is 5.56 Å². The van der Waals surface area contributed by atoms with Crippen molar-refractivity contribution in [2.24, 2.45) is 0 Å². The number of ether oxygens (including phenoxy) is 1. The molecule has 0 amide bonds. The Morgan fingerprint density at radius 1 is 1.31 bits per heavy atom. The highest BCUT2D eigenvalue weighted by atomic mass is 19.3. The fourth-order valence-corrected chi connectivity index (χ4v) is 1.22. The quantitative estimate of drug-likeness (QED) is 0.552. The van der Waals surface area contributed by atoms with Crippen LogP contribution in [0.3, 0.4) is 0 Å². The molecule has 0 radical (unpaired) electrons. The Bertz CT molecular complexity index is 333. The van der Waals surface area contributed by atoms with Crippen LogP contribution in [0.5, 0.6) is 0 Å². The third-order valence-corrected chi connectivity index (χ3v) is 2.09. The van der Waals surface area contributed by atoms with Gasteiger partial charge in [0.05, 0.1) is 6.61 Å². The van der Waals surface area contributed by atoms with E-state index in [9.17, 15) is 13.6 Å². The molecule has 1 aromatic carbocycles. The van der Waals surface area contributed by atoms with Gasteiger partial charge in [0.2, 0.25) is 0 Å². The maximum Gasteiger partial charge on any atom is 0.261 e. The van der Waals surface area contributed by atoms with E-state index in [1.807, 2.05) is 19.1 Å². The lowest BCUT2D eigenvalue weighted by Gasteiger charge is -2.03. The standard InChI is InChI=1S/C12H14F2O2/c1-9-2-4-10(5-3-9)11(15)6-7-16-8-12(13)14/h2-5,12H,6-8H2,1H3. The molecule has 88 valence electrons. The SMILES string of the molecule is Cc1ccc(C(=O)CCOCC(F)F)cc1. The number of carbonyl (C=O) groups is 1. The first kappa shape index (κ1) is 12.8. The zero-order valence-electron chi connectivity index (χ0n) is 9.08. The first-order valence-corrected chi connectivity index (χ1v) is 5.05. The molecule has 1 rings (SSSR count). The molecule has 0 saturated heterocycles. The number of benzene rings is 1. The first-order chi connectivity index (χ1) is 7.59. The predicted molar refractivity (Wildman–Crippen MR) is 56.9 cm³/mol. The number of ketones is 1. The summed E-state index contributed by atoms with van der Waals surface area (Å²) < 4.78 is 28.1. The van der Waals surface area contributed by atoms with Crippen LogP contribution in [0.15, 0.2) is 24.3 Å². The summed E-state index contributed by atoms with van der Waals surface area (Å²) >= 11 is 0. The van der Waals surface area contributed by atoms with Gasteiger partial charge in [0.25, 0.3) is 6.43 Å². The molecule has 0 unspecified atom stereocenters. The maximum atomic E-state index is 11.7. The summed E-state index contributed by atoms with van der Waals surface area (Å²) in [6.45, 7) is 1.36.